The molecule has 0 aromatic heterocycles. The lowest BCUT2D eigenvalue weighted by atomic mass is 10.2. The van der Waals surface area contributed by atoms with Gasteiger partial charge < -0.3 is 15.2 Å². The molecule has 22 heavy (non-hydrogen) atoms. The molecule has 1 unspecified atom stereocenters. The van der Waals surface area contributed by atoms with Crippen LogP contribution in [0, 0.1) is 11.5 Å². The summed E-state index contributed by atoms with van der Waals surface area (Å²) in [6, 6.07) is 4.97. The molecule has 118 valence electrons. The van der Waals surface area contributed by atoms with E-state index in [9.17, 15) is 9.90 Å². The number of hydrogen-bond acceptors (Lipinski definition) is 6. The van der Waals surface area contributed by atoms with Crippen LogP contribution in [0.4, 0.5) is 11.4 Å². The maximum Gasteiger partial charge on any atom is 0.252 e. The number of amides is 1. The lowest BCUT2D eigenvalue weighted by molar-refractivity contribution is -0.123. The Bertz CT molecular complexity index is 596. The van der Waals surface area contributed by atoms with Gasteiger partial charge in [-0.15, -0.1) is 0 Å². The zero-order valence-electron chi connectivity index (χ0n) is 12.6. The molecule has 0 aliphatic rings. The second-order valence-electron chi connectivity index (χ2n) is 4.14. The number of carbonyl (C=O) groups excluding carboxylic acids is 1. The van der Waals surface area contributed by atoms with E-state index in [-0.39, 0.29) is 0 Å². The van der Waals surface area contributed by atoms with Crippen molar-refractivity contribution in [2.75, 3.05) is 18.2 Å². The minimum Gasteiger partial charge on any atom is -0.494 e. The zero-order valence-corrected chi connectivity index (χ0v) is 13.4. The number of ether oxygens (including phenoxy) is 1. The van der Waals surface area contributed by atoms with Crippen molar-refractivity contribution in [2.24, 2.45) is 4.99 Å². The number of carbonyl (C=O) groups is 1. The fraction of sp³-hybridized carbons (Fsp3) is 0.357. The minimum absolute atomic E-state index is 0.378. The van der Waals surface area contributed by atoms with E-state index in [2.05, 4.69) is 15.6 Å². The second kappa shape index (κ2) is 8.92. The molecule has 1 atom stereocenters. The molecule has 0 spiro atoms. The summed E-state index contributed by atoms with van der Waals surface area (Å²) in [5.74, 6) is 0.0493. The van der Waals surface area contributed by atoms with Crippen molar-refractivity contribution in [1.29, 1.82) is 5.26 Å². The maximum absolute atomic E-state index is 11.6. The number of hydrogen-bond donors (Lipinski definition) is 3. The Kier molecular flexibility index (Phi) is 7.22. The van der Waals surface area contributed by atoms with Crippen LogP contribution in [-0.4, -0.2) is 35.1 Å². The van der Waals surface area contributed by atoms with Crippen molar-refractivity contribution in [3.05, 3.63) is 18.2 Å². The quantitative estimate of drug-likeness (QED) is 0.330. The minimum atomic E-state index is -1.14. The SMILES string of the molecule is CCOc1ccc(NC(=O)C(C)O)c(N=C(NC#N)SC)c1. The molecule has 1 aromatic carbocycles. The summed E-state index contributed by atoms with van der Waals surface area (Å²) in [7, 11) is 0. The van der Waals surface area contributed by atoms with Crippen molar-refractivity contribution in [3.63, 3.8) is 0 Å². The van der Waals surface area contributed by atoms with E-state index in [1.165, 1.54) is 18.7 Å². The predicted octanol–water partition coefficient (Wildman–Crippen LogP) is 1.83. The van der Waals surface area contributed by atoms with Gasteiger partial charge in [0.1, 0.15) is 11.9 Å². The summed E-state index contributed by atoms with van der Waals surface area (Å²) < 4.78 is 5.41. The fourth-order valence-electron chi connectivity index (χ4n) is 1.49. The van der Waals surface area contributed by atoms with E-state index in [1.54, 1.807) is 30.6 Å². The molecule has 0 aliphatic carbocycles. The Morgan fingerprint density at radius 2 is 2.32 bits per heavy atom. The average molecular weight is 322 g/mol. The first-order chi connectivity index (χ1) is 10.5. The highest BCUT2D eigenvalue weighted by molar-refractivity contribution is 8.13. The van der Waals surface area contributed by atoms with Crippen molar-refractivity contribution in [3.8, 4) is 11.9 Å². The molecule has 0 aliphatic heterocycles. The fourth-order valence-corrected chi connectivity index (χ4v) is 1.82. The molecular weight excluding hydrogens is 304 g/mol. The summed E-state index contributed by atoms with van der Waals surface area (Å²) in [6.07, 6.45) is 2.43. The van der Waals surface area contributed by atoms with Crippen molar-refractivity contribution in [1.82, 2.24) is 5.32 Å². The number of aliphatic hydroxyl groups excluding tert-OH is 1. The van der Waals surface area contributed by atoms with Crippen molar-refractivity contribution in [2.45, 2.75) is 20.0 Å². The monoisotopic (exact) mass is 322 g/mol. The number of nitrogens with zero attached hydrogens (tertiary/aromatic N) is 2. The lowest BCUT2D eigenvalue weighted by Crippen LogP contribution is -2.24. The van der Waals surface area contributed by atoms with Gasteiger partial charge in [-0.05, 0) is 32.2 Å². The first-order valence-electron chi connectivity index (χ1n) is 6.55. The molecule has 0 radical (unpaired) electrons. The molecule has 1 aromatic rings. The molecule has 8 heteroatoms. The van der Waals surface area contributed by atoms with Crippen molar-refractivity contribution < 1.29 is 14.6 Å². The molecule has 0 saturated carbocycles. The van der Waals surface area contributed by atoms with E-state index in [0.29, 0.717) is 28.9 Å². The normalized spacial score (nSPS) is 12.2. The summed E-state index contributed by atoms with van der Waals surface area (Å²) in [6.45, 7) is 3.72. The summed E-state index contributed by atoms with van der Waals surface area (Å²) in [5, 5.41) is 23.4. The summed E-state index contributed by atoms with van der Waals surface area (Å²) in [5.41, 5.74) is 0.840. The van der Waals surface area contributed by atoms with Crippen LogP contribution in [0.25, 0.3) is 0 Å². The van der Waals surface area contributed by atoms with Gasteiger partial charge in [-0.2, -0.15) is 5.26 Å². The zero-order chi connectivity index (χ0) is 16.5. The Hall–Kier alpha value is -2.24. The number of nitriles is 1. The molecule has 1 rings (SSSR count). The number of anilines is 1. The Morgan fingerprint density at radius 1 is 1.59 bits per heavy atom. The highest BCUT2D eigenvalue weighted by atomic mass is 32.2. The van der Waals surface area contributed by atoms with Crippen LogP contribution < -0.4 is 15.4 Å². The predicted molar refractivity (Wildman–Crippen MR) is 87.3 cm³/mol. The number of aliphatic imine (C=N–C) groups is 1. The van der Waals surface area contributed by atoms with Crippen molar-refractivity contribution >= 4 is 34.2 Å². The molecule has 0 fully saturated rings. The van der Waals surface area contributed by atoms with Crippen LogP contribution in [0.2, 0.25) is 0 Å². The molecule has 1 amide bonds. The first kappa shape index (κ1) is 17.8. The maximum atomic E-state index is 11.6. The number of rotatable bonds is 5. The highest BCUT2D eigenvalue weighted by Gasteiger charge is 2.13. The van der Waals surface area contributed by atoms with Gasteiger partial charge in [0.25, 0.3) is 5.91 Å². The Balaban J connectivity index is 3.20. The summed E-state index contributed by atoms with van der Waals surface area (Å²) >= 11 is 1.26. The van der Waals surface area contributed by atoms with Gasteiger partial charge in [0.05, 0.1) is 18.0 Å². The Morgan fingerprint density at radius 3 is 2.86 bits per heavy atom. The largest absolute Gasteiger partial charge is 0.494 e. The van der Waals surface area contributed by atoms with Crippen LogP contribution in [0.3, 0.4) is 0 Å². The number of benzene rings is 1. The molecule has 0 bridgehead atoms. The smallest absolute Gasteiger partial charge is 0.252 e. The van der Waals surface area contributed by atoms with Crippen LogP contribution >= 0.6 is 11.8 Å². The topological polar surface area (TPSA) is 107 Å². The molecule has 0 heterocycles. The molecular formula is C14H18N4O3S. The third kappa shape index (κ3) is 5.27. The van der Waals surface area contributed by atoms with Crippen LogP contribution in [0.15, 0.2) is 23.2 Å². The van der Waals surface area contributed by atoms with E-state index in [0.717, 1.165) is 0 Å². The van der Waals surface area contributed by atoms with E-state index >= 15 is 0 Å². The molecule has 0 saturated heterocycles. The van der Waals surface area contributed by atoms with Gasteiger partial charge >= 0.3 is 0 Å². The highest BCUT2D eigenvalue weighted by Crippen LogP contribution is 2.30. The van der Waals surface area contributed by atoms with Crippen LogP contribution in [-0.2, 0) is 4.79 Å². The van der Waals surface area contributed by atoms with E-state index < -0.39 is 12.0 Å². The third-order valence-corrected chi connectivity index (χ3v) is 3.08. The standard InChI is InChI=1S/C14H18N4O3S/c1-4-21-10-5-6-11(17-13(20)9(2)19)12(7-10)18-14(22-3)16-8-15/h5-7,9,19H,4H2,1-3H3,(H,16,18)(H,17,20). The summed E-state index contributed by atoms with van der Waals surface area (Å²) in [4.78, 5) is 15.9. The van der Waals surface area contributed by atoms with Gasteiger partial charge in [-0.25, -0.2) is 4.99 Å². The lowest BCUT2D eigenvalue weighted by Gasteiger charge is -2.12. The van der Waals surface area contributed by atoms with Gasteiger partial charge in [0.2, 0.25) is 0 Å². The van der Waals surface area contributed by atoms with Gasteiger partial charge in [0, 0.05) is 6.07 Å². The second-order valence-corrected chi connectivity index (χ2v) is 4.93. The molecule has 3 N–H and O–H groups in total. The van der Waals surface area contributed by atoms with Crippen LogP contribution in [0.5, 0.6) is 5.75 Å². The number of aliphatic hydroxyl groups is 1. The number of nitrogens with one attached hydrogen (secondary N) is 2. The van der Waals surface area contributed by atoms with E-state index in [1.807, 2.05) is 6.92 Å². The molecule has 7 nitrogen and oxygen atoms in total. The number of amidine groups is 1. The average Bonchev–Trinajstić information content (AvgIpc) is 2.49. The Labute approximate surface area is 133 Å². The van der Waals surface area contributed by atoms with E-state index in [4.69, 9.17) is 10.00 Å². The van der Waals surface area contributed by atoms with Gasteiger partial charge in [0.15, 0.2) is 11.4 Å². The number of thioether (sulfide) groups is 1. The van der Waals surface area contributed by atoms with Gasteiger partial charge in [-0.1, -0.05) is 11.8 Å². The third-order valence-electron chi connectivity index (χ3n) is 2.50. The van der Waals surface area contributed by atoms with Gasteiger partial charge in [-0.3, -0.25) is 10.1 Å². The first-order valence-corrected chi connectivity index (χ1v) is 7.77. The van der Waals surface area contributed by atoms with Crippen LogP contribution in [0.1, 0.15) is 13.8 Å².